The Kier molecular flexibility index (Phi) is 5.08. The van der Waals surface area contributed by atoms with E-state index in [2.05, 4.69) is 107 Å². The van der Waals surface area contributed by atoms with E-state index in [0.717, 1.165) is 109 Å². The van der Waals surface area contributed by atoms with E-state index in [-0.39, 0.29) is 0 Å². The molecule has 4 aromatic heterocycles. The van der Waals surface area contributed by atoms with Crippen molar-refractivity contribution in [3.8, 4) is 22.3 Å². The van der Waals surface area contributed by atoms with Gasteiger partial charge in [0.25, 0.3) is 0 Å². The Hall–Kier alpha value is -6.52. The fraction of sp³-hybridized carbons (Fsp3) is 0. The van der Waals surface area contributed by atoms with E-state index in [1.165, 1.54) is 0 Å². The molecular weight excluding hydrogens is 588 g/mol. The molecule has 0 aliphatic heterocycles. The molecule has 0 saturated heterocycles. The summed E-state index contributed by atoms with van der Waals surface area (Å²) in [5.41, 5.74) is 7.95. The van der Waals surface area contributed by atoms with Crippen LogP contribution in [0.1, 0.15) is 0 Å². The van der Waals surface area contributed by atoms with Gasteiger partial charge in [-0.05, 0) is 104 Å². The third-order valence-electron chi connectivity index (χ3n) is 9.98. The Balaban J connectivity index is 1.37. The minimum absolute atomic E-state index is 0.887. The summed E-state index contributed by atoms with van der Waals surface area (Å²) in [6, 6.07) is 43.0. The average Bonchev–Trinajstić information content (AvgIpc) is 3.72. The Morgan fingerprint density at radius 1 is 0.375 bits per heavy atom. The van der Waals surface area contributed by atoms with Crippen molar-refractivity contribution in [1.82, 2.24) is 9.97 Å². The second-order valence-corrected chi connectivity index (χ2v) is 12.6. The van der Waals surface area contributed by atoms with Gasteiger partial charge in [-0.1, -0.05) is 60.7 Å². The summed E-state index contributed by atoms with van der Waals surface area (Å²) in [5, 5.41) is 13.5. The molecule has 0 fully saturated rings. The number of nitrogens with zero attached hydrogens (tertiary/aromatic N) is 2. The number of benzene rings is 7. The lowest BCUT2D eigenvalue weighted by atomic mass is 9.88. The van der Waals surface area contributed by atoms with Crippen molar-refractivity contribution < 1.29 is 8.83 Å². The standard InChI is InChI=1S/C44H24N2O2/c1-3-11-39-29(9-1)33-15-13-31-35(25-7-5-17-45-23-25)19-27-22-38-28(21-37(27)41(31)43(33)47-39)20-36(26-8-6-18-46-24-26)32-14-16-34-30-10-2-4-12-40(30)48-44(34)42(32)38/h1-24H. The molecule has 0 bridgehead atoms. The maximum Gasteiger partial charge on any atom is 0.143 e. The summed E-state index contributed by atoms with van der Waals surface area (Å²) >= 11 is 0. The fourth-order valence-electron chi connectivity index (χ4n) is 7.85. The van der Waals surface area contributed by atoms with Crippen molar-refractivity contribution in [2.75, 3.05) is 0 Å². The van der Waals surface area contributed by atoms with Gasteiger partial charge in [0, 0.05) is 68.2 Å². The highest BCUT2D eigenvalue weighted by atomic mass is 16.3. The molecule has 0 radical (unpaired) electrons. The van der Waals surface area contributed by atoms with Gasteiger partial charge in [-0.15, -0.1) is 0 Å². The summed E-state index contributed by atoms with van der Waals surface area (Å²) < 4.78 is 13.4. The Labute approximate surface area is 273 Å². The fourth-order valence-corrected chi connectivity index (χ4v) is 7.85. The van der Waals surface area contributed by atoms with Crippen LogP contribution in [-0.2, 0) is 0 Å². The van der Waals surface area contributed by atoms with Crippen molar-refractivity contribution in [2.45, 2.75) is 0 Å². The number of pyridine rings is 2. The van der Waals surface area contributed by atoms with Crippen molar-refractivity contribution in [1.29, 1.82) is 0 Å². The molecule has 4 nitrogen and oxygen atoms in total. The lowest BCUT2D eigenvalue weighted by molar-refractivity contribution is 0.672. The van der Waals surface area contributed by atoms with E-state index < -0.39 is 0 Å². The maximum absolute atomic E-state index is 6.69. The normalized spacial score (nSPS) is 12.2. The van der Waals surface area contributed by atoms with Gasteiger partial charge in [0.2, 0.25) is 0 Å². The van der Waals surface area contributed by atoms with Crippen LogP contribution < -0.4 is 0 Å². The van der Waals surface area contributed by atoms with Gasteiger partial charge in [0.05, 0.1) is 0 Å². The highest BCUT2D eigenvalue weighted by Crippen LogP contribution is 2.46. The molecule has 11 aromatic rings. The van der Waals surface area contributed by atoms with Gasteiger partial charge in [-0.3, -0.25) is 9.97 Å². The lowest BCUT2D eigenvalue weighted by Gasteiger charge is -2.15. The maximum atomic E-state index is 6.69. The van der Waals surface area contributed by atoms with Crippen molar-refractivity contribution in [3.05, 3.63) is 146 Å². The monoisotopic (exact) mass is 612 g/mol. The number of para-hydroxylation sites is 2. The molecule has 0 aliphatic rings. The van der Waals surface area contributed by atoms with E-state index in [1.54, 1.807) is 0 Å². The van der Waals surface area contributed by atoms with Crippen LogP contribution in [0, 0.1) is 0 Å². The minimum atomic E-state index is 0.887. The first-order valence-corrected chi connectivity index (χ1v) is 16.1. The molecule has 4 heteroatoms. The second-order valence-electron chi connectivity index (χ2n) is 12.6. The zero-order chi connectivity index (χ0) is 31.3. The van der Waals surface area contributed by atoms with Crippen molar-refractivity contribution in [3.63, 3.8) is 0 Å². The molecule has 7 aromatic carbocycles. The number of furan rings is 2. The van der Waals surface area contributed by atoms with Crippen LogP contribution in [0.15, 0.2) is 155 Å². The van der Waals surface area contributed by atoms with Crippen LogP contribution in [-0.4, -0.2) is 9.97 Å². The molecule has 0 N–H and O–H groups in total. The van der Waals surface area contributed by atoms with Gasteiger partial charge in [0.15, 0.2) is 0 Å². The van der Waals surface area contributed by atoms with E-state index in [0.29, 0.717) is 0 Å². The highest BCUT2D eigenvalue weighted by Gasteiger charge is 2.20. The largest absolute Gasteiger partial charge is 0.455 e. The number of aromatic nitrogens is 2. The van der Waals surface area contributed by atoms with Crippen molar-refractivity contribution >= 4 is 87.0 Å². The molecule has 0 spiro atoms. The smallest absolute Gasteiger partial charge is 0.143 e. The summed E-state index contributed by atoms with van der Waals surface area (Å²) in [4.78, 5) is 8.98. The third-order valence-corrected chi connectivity index (χ3v) is 9.98. The van der Waals surface area contributed by atoms with Crippen LogP contribution in [0.4, 0.5) is 0 Å². The predicted octanol–water partition coefficient (Wildman–Crippen LogP) is 12.2. The molecule has 0 saturated carbocycles. The summed E-state index contributed by atoms with van der Waals surface area (Å²) in [6.07, 6.45) is 7.53. The van der Waals surface area contributed by atoms with Gasteiger partial charge >= 0.3 is 0 Å². The lowest BCUT2D eigenvalue weighted by Crippen LogP contribution is -1.89. The van der Waals surface area contributed by atoms with E-state index in [4.69, 9.17) is 8.83 Å². The number of rotatable bonds is 2. The SMILES string of the molecule is c1cncc(-c2cc3cc4c(cc(-c5cccnc5)c5ccc6c7ccccc7oc6c54)cc3c3c2ccc2c4ccccc4oc23)c1. The number of fused-ring (bicyclic) bond motifs is 14. The third kappa shape index (κ3) is 3.49. The van der Waals surface area contributed by atoms with Crippen molar-refractivity contribution in [2.24, 2.45) is 0 Å². The number of hydrogen-bond acceptors (Lipinski definition) is 4. The molecular formula is C44H24N2O2. The zero-order valence-corrected chi connectivity index (χ0v) is 25.6. The predicted molar refractivity (Wildman–Crippen MR) is 197 cm³/mol. The van der Waals surface area contributed by atoms with Crippen LogP contribution in [0.25, 0.3) is 109 Å². The molecule has 11 rings (SSSR count). The minimum Gasteiger partial charge on any atom is -0.455 e. The zero-order valence-electron chi connectivity index (χ0n) is 25.6. The summed E-state index contributed by atoms with van der Waals surface area (Å²) in [7, 11) is 0. The van der Waals surface area contributed by atoms with Crippen LogP contribution in [0.5, 0.6) is 0 Å². The molecule has 222 valence electrons. The topological polar surface area (TPSA) is 52.1 Å². The molecule has 0 unspecified atom stereocenters. The van der Waals surface area contributed by atoms with E-state index in [1.807, 2.05) is 49.1 Å². The Morgan fingerprint density at radius 2 is 0.833 bits per heavy atom. The summed E-state index contributed by atoms with van der Waals surface area (Å²) in [5.74, 6) is 0. The number of hydrogen-bond donors (Lipinski definition) is 0. The molecule has 0 aliphatic carbocycles. The van der Waals surface area contributed by atoms with Crippen LogP contribution >= 0.6 is 0 Å². The second kappa shape index (κ2) is 9.50. The van der Waals surface area contributed by atoms with Gasteiger partial charge in [-0.2, -0.15) is 0 Å². The van der Waals surface area contributed by atoms with Crippen LogP contribution in [0.2, 0.25) is 0 Å². The van der Waals surface area contributed by atoms with Crippen LogP contribution in [0.3, 0.4) is 0 Å². The van der Waals surface area contributed by atoms with E-state index >= 15 is 0 Å². The summed E-state index contributed by atoms with van der Waals surface area (Å²) in [6.45, 7) is 0. The van der Waals surface area contributed by atoms with Gasteiger partial charge in [0.1, 0.15) is 22.3 Å². The Morgan fingerprint density at radius 3 is 1.29 bits per heavy atom. The van der Waals surface area contributed by atoms with Gasteiger partial charge < -0.3 is 8.83 Å². The Bertz CT molecular complexity index is 2890. The quantitative estimate of drug-likeness (QED) is 0.144. The molecule has 4 heterocycles. The first-order chi connectivity index (χ1) is 23.8. The van der Waals surface area contributed by atoms with Gasteiger partial charge in [-0.25, -0.2) is 0 Å². The first-order valence-electron chi connectivity index (χ1n) is 16.1. The molecule has 0 atom stereocenters. The average molecular weight is 613 g/mol. The molecule has 0 amide bonds. The first kappa shape index (κ1) is 25.6. The molecule has 48 heavy (non-hydrogen) atoms. The van der Waals surface area contributed by atoms with E-state index in [9.17, 15) is 0 Å². The highest BCUT2D eigenvalue weighted by molar-refractivity contribution is 6.31.